The standard InChI is InChI=1S/C20H22ClN3OS2.ClH/c1-14-7-9-15(10-8-14)26-13-18(25)24(12-11-23(2)3)20-22-19-16(21)5-4-6-17(19)27-20;/h4-10H,11-13H2,1-3H3;1H. The van der Waals surface area contributed by atoms with Crippen LogP contribution in [0.2, 0.25) is 5.02 Å². The molecule has 0 atom stereocenters. The minimum absolute atomic E-state index is 0. The van der Waals surface area contributed by atoms with Crippen molar-refractivity contribution in [1.29, 1.82) is 0 Å². The lowest BCUT2D eigenvalue weighted by Crippen LogP contribution is -2.37. The number of thioether (sulfide) groups is 1. The van der Waals surface area contributed by atoms with Gasteiger partial charge in [0.25, 0.3) is 0 Å². The minimum atomic E-state index is 0. The zero-order valence-corrected chi connectivity index (χ0v) is 19.2. The molecule has 3 aromatic rings. The molecule has 0 unspecified atom stereocenters. The van der Waals surface area contributed by atoms with Gasteiger partial charge in [-0.2, -0.15) is 0 Å². The highest BCUT2D eigenvalue weighted by atomic mass is 35.5. The second kappa shape index (κ2) is 10.5. The van der Waals surface area contributed by atoms with E-state index in [0.29, 0.717) is 22.5 Å². The van der Waals surface area contributed by atoms with Gasteiger partial charge in [0.2, 0.25) is 5.91 Å². The van der Waals surface area contributed by atoms with Crippen LogP contribution in [0.5, 0.6) is 0 Å². The first-order chi connectivity index (χ1) is 12.9. The lowest BCUT2D eigenvalue weighted by molar-refractivity contribution is -0.116. The van der Waals surface area contributed by atoms with E-state index in [4.69, 9.17) is 11.6 Å². The Morgan fingerprint density at radius 3 is 2.50 bits per heavy atom. The fourth-order valence-electron chi connectivity index (χ4n) is 2.50. The highest BCUT2D eigenvalue weighted by molar-refractivity contribution is 8.00. The number of nitrogens with zero attached hydrogens (tertiary/aromatic N) is 3. The molecule has 0 aliphatic carbocycles. The number of rotatable bonds is 7. The number of anilines is 1. The van der Waals surface area contributed by atoms with Gasteiger partial charge in [0.1, 0.15) is 5.52 Å². The summed E-state index contributed by atoms with van der Waals surface area (Å²) in [5.74, 6) is 0.428. The maximum atomic E-state index is 13.0. The molecule has 0 saturated carbocycles. The Morgan fingerprint density at radius 2 is 1.86 bits per heavy atom. The monoisotopic (exact) mass is 455 g/mol. The van der Waals surface area contributed by atoms with Crippen molar-refractivity contribution in [3.8, 4) is 0 Å². The fraction of sp³-hybridized carbons (Fsp3) is 0.300. The van der Waals surface area contributed by atoms with Gasteiger partial charge in [-0.05, 0) is 45.3 Å². The van der Waals surface area contributed by atoms with Gasteiger partial charge in [-0.15, -0.1) is 24.2 Å². The molecule has 0 aliphatic heterocycles. The number of aromatic nitrogens is 1. The van der Waals surface area contributed by atoms with Gasteiger partial charge in [0.05, 0.1) is 15.5 Å². The van der Waals surface area contributed by atoms with E-state index in [1.807, 2.05) is 32.3 Å². The topological polar surface area (TPSA) is 36.4 Å². The molecule has 2 aromatic carbocycles. The van der Waals surface area contributed by atoms with Crippen LogP contribution in [0.3, 0.4) is 0 Å². The maximum Gasteiger partial charge on any atom is 0.239 e. The number of para-hydroxylation sites is 1. The molecule has 1 amide bonds. The normalized spacial score (nSPS) is 10.9. The summed E-state index contributed by atoms with van der Waals surface area (Å²) in [4.78, 5) is 22.6. The van der Waals surface area contributed by atoms with E-state index in [1.165, 1.54) is 16.9 Å². The summed E-state index contributed by atoms with van der Waals surface area (Å²) in [5.41, 5.74) is 1.97. The van der Waals surface area contributed by atoms with E-state index in [2.05, 4.69) is 41.1 Å². The Balaban J connectivity index is 0.00000280. The van der Waals surface area contributed by atoms with Gasteiger partial charge in [-0.1, -0.05) is 46.7 Å². The number of carbonyl (C=O) groups excluding carboxylic acids is 1. The molecule has 4 nitrogen and oxygen atoms in total. The summed E-state index contributed by atoms with van der Waals surface area (Å²) in [6.45, 7) is 3.42. The van der Waals surface area contributed by atoms with Crippen LogP contribution in [-0.4, -0.2) is 48.7 Å². The summed E-state index contributed by atoms with van der Waals surface area (Å²) in [7, 11) is 4.00. The molecular formula is C20H23Cl2N3OS2. The van der Waals surface area contributed by atoms with Crippen molar-refractivity contribution in [3.63, 3.8) is 0 Å². The summed E-state index contributed by atoms with van der Waals surface area (Å²) < 4.78 is 0.992. The average Bonchev–Trinajstić information content (AvgIpc) is 3.06. The average molecular weight is 456 g/mol. The van der Waals surface area contributed by atoms with Crippen molar-refractivity contribution >= 4 is 68.4 Å². The predicted molar refractivity (Wildman–Crippen MR) is 125 cm³/mol. The Kier molecular flexibility index (Phi) is 8.58. The smallest absolute Gasteiger partial charge is 0.239 e. The Hall–Kier alpha value is -1.31. The first kappa shape index (κ1) is 23.0. The predicted octanol–water partition coefficient (Wildman–Crippen LogP) is 5.37. The molecule has 0 saturated heterocycles. The van der Waals surface area contributed by atoms with Crippen LogP contribution in [0.1, 0.15) is 5.56 Å². The minimum Gasteiger partial charge on any atom is -0.308 e. The molecule has 1 heterocycles. The molecule has 0 aliphatic rings. The zero-order valence-electron chi connectivity index (χ0n) is 16.0. The summed E-state index contributed by atoms with van der Waals surface area (Å²) >= 11 is 9.32. The van der Waals surface area contributed by atoms with Gasteiger partial charge in [0, 0.05) is 18.0 Å². The van der Waals surface area contributed by atoms with Crippen LogP contribution in [0.25, 0.3) is 10.2 Å². The van der Waals surface area contributed by atoms with Gasteiger partial charge in [-0.3, -0.25) is 9.69 Å². The van der Waals surface area contributed by atoms with Crippen LogP contribution < -0.4 is 4.90 Å². The molecule has 0 N–H and O–H groups in total. The van der Waals surface area contributed by atoms with E-state index in [0.717, 1.165) is 21.7 Å². The second-order valence-electron chi connectivity index (χ2n) is 6.53. The van der Waals surface area contributed by atoms with E-state index in [1.54, 1.807) is 16.7 Å². The number of fused-ring (bicyclic) bond motifs is 1. The molecule has 3 rings (SSSR count). The lowest BCUT2D eigenvalue weighted by Gasteiger charge is -2.21. The second-order valence-corrected chi connectivity index (χ2v) is 9.00. The number of likely N-dealkylation sites (N-methyl/N-ethyl adjacent to an activating group) is 1. The van der Waals surface area contributed by atoms with Crippen molar-refractivity contribution in [2.45, 2.75) is 11.8 Å². The quantitative estimate of drug-likeness (QED) is 0.448. The maximum absolute atomic E-state index is 13.0. The van der Waals surface area contributed by atoms with Crippen LogP contribution >= 0.6 is 47.1 Å². The highest BCUT2D eigenvalue weighted by Crippen LogP contribution is 2.33. The number of carbonyl (C=O) groups is 1. The fourth-order valence-corrected chi connectivity index (χ4v) is 4.59. The molecule has 0 fully saturated rings. The van der Waals surface area contributed by atoms with E-state index < -0.39 is 0 Å². The molecule has 0 radical (unpaired) electrons. The number of amides is 1. The van der Waals surface area contributed by atoms with Gasteiger partial charge < -0.3 is 4.90 Å². The third kappa shape index (κ3) is 5.84. The third-order valence-corrected chi connectivity index (χ3v) is 6.39. The highest BCUT2D eigenvalue weighted by Gasteiger charge is 2.20. The van der Waals surface area contributed by atoms with Gasteiger partial charge in [-0.25, -0.2) is 4.98 Å². The number of hydrogen-bond acceptors (Lipinski definition) is 5. The third-order valence-electron chi connectivity index (χ3n) is 4.04. The van der Waals surface area contributed by atoms with Crippen molar-refractivity contribution in [3.05, 3.63) is 53.1 Å². The molecule has 0 bridgehead atoms. The summed E-state index contributed by atoms with van der Waals surface area (Å²) in [5, 5.41) is 1.32. The van der Waals surface area contributed by atoms with Crippen LogP contribution in [0.15, 0.2) is 47.4 Å². The molecule has 150 valence electrons. The Labute approximate surface area is 185 Å². The van der Waals surface area contributed by atoms with Crippen LogP contribution in [0, 0.1) is 6.92 Å². The van der Waals surface area contributed by atoms with Crippen molar-refractivity contribution in [2.75, 3.05) is 37.8 Å². The number of aryl methyl sites for hydroxylation is 1. The molecular weight excluding hydrogens is 433 g/mol. The number of benzene rings is 2. The van der Waals surface area contributed by atoms with E-state index >= 15 is 0 Å². The van der Waals surface area contributed by atoms with E-state index in [-0.39, 0.29) is 18.3 Å². The SMILES string of the molecule is Cc1ccc(SCC(=O)N(CCN(C)C)c2nc3c(Cl)cccc3s2)cc1.Cl. The Morgan fingerprint density at radius 1 is 1.14 bits per heavy atom. The van der Waals surface area contributed by atoms with Crippen LogP contribution in [0.4, 0.5) is 5.13 Å². The number of hydrogen-bond donors (Lipinski definition) is 0. The lowest BCUT2D eigenvalue weighted by atomic mass is 10.2. The van der Waals surface area contributed by atoms with Crippen molar-refractivity contribution in [1.82, 2.24) is 9.88 Å². The molecule has 1 aromatic heterocycles. The zero-order chi connectivity index (χ0) is 19.4. The molecule has 8 heteroatoms. The molecule has 0 spiro atoms. The molecule has 28 heavy (non-hydrogen) atoms. The van der Waals surface area contributed by atoms with Gasteiger partial charge >= 0.3 is 0 Å². The van der Waals surface area contributed by atoms with Crippen LogP contribution in [-0.2, 0) is 4.79 Å². The summed E-state index contributed by atoms with van der Waals surface area (Å²) in [6, 6.07) is 13.9. The first-order valence-electron chi connectivity index (χ1n) is 8.63. The Bertz CT molecular complexity index is 929. The summed E-state index contributed by atoms with van der Waals surface area (Å²) in [6.07, 6.45) is 0. The van der Waals surface area contributed by atoms with Gasteiger partial charge in [0.15, 0.2) is 5.13 Å². The number of halogens is 2. The number of thiazole rings is 1. The first-order valence-corrected chi connectivity index (χ1v) is 10.8. The van der Waals surface area contributed by atoms with Crippen molar-refractivity contribution in [2.24, 2.45) is 0 Å². The van der Waals surface area contributed by atoms with Crippen molar-refractivity contribution < 1.29 is 4.79 Å². The van der Waals surface area contributed by atoms with E-state index in [9.17, 15) is 4.79 Å². The largest absolute Gasteiger partial charge is 0.308 e.